The average molecular weight is 374 g/mol. The monoisotopic (exact) mass is 373 g/mol. The van der Waals surface area contributed by atoms with E-state index in [1.54, 1.807) is 10.4 Å². The van der Waals surface area contributed by atoms with Gasteiger partial charge in [-0.25, -0.2) is 8.42 Å². The summed E-state index contributed by atoms with van der Waals surface area (Å²) in [5.41, 5.74) is 1.99. The van der Waals surface area contributed by atoms with Crippen LogP contribution in [0.1, 0.15) is 20.3 Å². The predicted molar refractivity (Wildman–Crippen MR) is 108 cm³/mol. The molecule has 0 atom stereocenters. The molecule has 1 saturated heterocycles. The molecule has 26 heavy (non-hydrogen) atoms. The summed E-state index contributed by atoms with van der Waals surface area (Å²) in [5, 5.41) is 1.95. The van der Waals surface area contributed by atoms with Gasteiger partial charge in [0.1, 0.15) is 0 Å². The first-order valence-electron chi connectivity index (χ1n) is 9.41. The lowest BCUT2D eigenvalue weighted by Gasteiger charge is -2.25. The molecule has 0 saturated carbocycles. The lowest BCUT2D eigenvalue weighted by atomic mass is 10.0. The largest absolute Gasteiger partial charge is 0.370 e. The molecule has 0 radical (unpaired) electrons. The van der Waals surface area contributed by atoms with Gasteiger partial charge >= 0.3 is 0 Å². The standard InChI is InChI=1S/C20H27N3O2S/c1-15(2)14-23-18-9-8-17(22-11-5-10-21(3)12-13-22)16-6-4-7-19(20(16)18)26(23,24)25/h4,6-9,15H,5,10-14H2,1-3H3. The van der Waals surface area contributed by atoms with E-state index in [2.05, 4.69) is 42.8 Å². The Bertz CT molecular complexity index is 939. The summed E-state index contributed by atoms with van der Waals surface area (Å²) in [6.07, 6.45) is 1.12. The first kappa shape index (κ1) is 17.6. The second-order valence-electron chi connectivity index (χ2n) is 7.86. The van der Waals surface area contributed by atoms with Crippen molar-refractivity contribution in [2.24, 2.45) is 5.92 Å². The molecule has 2 aliphatic heterocycles. The van der Waals surface area contributed by atoms with Crippen molar-refractivity contribution in [1.82, 2.24) is 4.90 Å². The molecule has 2 heterocycles. The number of hydrogen-bond acceptors (Lipinski definition) is 4. The number of sulfonamides is 1. The van der Waals surface area contributed by atoms with Crippen molar-refractivity contribution in [3.05, 3.63) is 30.3 Å². The second-order valence-corrected chi connectivity index (χ2v) is 9.69. The zero-order valence-corrected chi connectivity index (χ0v) is 16.6. The first-order valence-corrected chi connectivity index (χ1v) is 10.9. The smallest absolute Gasteiger partial charge is 0.265 e. The Kier molecular flexibility index (Phi) is 4.35. The minimum Gasteiger partial charge on any atom is -0.370 e. The summed E-state index contributed by atoms with van der Waals surface area (Å²) in [4.78, 5) is 5.22. The Hall–Kier alpha value is -1.79. The maximum atomic E-state index is 13.1. The van der Waals surface area contributed by atoms with Gasteiger partial charge in [-0.15, -0.1) is 0 Å². The van der Waals surface area contributed by atoms with Crippen LogP contribution in [0.3, 0.4) is 0 Å². The average Bonchev–Trinajstić information content (AvgIpc) is 2.74. The third-order valence-corrected chi connectivity index (χ3v) is 7.21. The molecular formula is C20H27N3O2S. The van der Waals surface area contributed by atoms with Crippen molar-refractivity contribution in [3.63, 3.8) is 0 Å². The Labute approximate surface area is 156 Å². The van der Waals surface area contributed by atoms with Gasteiger partial charge in [0, 0.05) is 42.6 Å². The van der Waals surface area contributed by atoms with Crippen LogP contribution in [-0.2, 0) is 10.0 Å². The minimum absolute atomic E-state index is 0.273. The number of hydrogen-bond donors (Lipinski definition) is 0. The lowest BCUT2D eigenvalue weighted by Crippen LogP contribution is -2.30. The maximum Gasteiger partial charge on any atom is 0.265 e. The third kappa shape index (κ3) is 2.76. The van der Waals surface area contributed by atoms with E-state index in [1.165, 1.54) is 0 Å². The minimum atomic E-state index is -3.45. The highest BCUT2D eigenvalue weighted by atomic mass is 32.2. The van der Waals surface area contributed by atoms with E-state index in [9.17, 15) is 8.42 Å². The number of nitrogens with zero attached hydrogens (tertiary/aromatic N) is 3. The van der Waals surface area contributed by atoms with Crippen LogP contribution in [-0.4, -0.2) is 53.1 Å². The van der Waals surface area contributed by atoms with E-state index in [0.29, 0.717) is 11.4 Å². The molecule has 0 aliphatic carbocycles. The molecule has 0 unspecified atom stereocenters. The number of rotatable bonds is 3. The van der Waals surface area contributed by atoms with Crippen LogP contribution in [0.4, 0.5) is 11.4 Å². The molecule has 1 fully saturated rings. The molecule has 140 valence electrons. The summed E-state index contributed by atoms with van der Waals surface area (Å²) in [6.45, 7) is 8.73. The van der Waals surface area contributed by atoms with Crippen LogP contribution in [0.25, 0.3) is 10.8 Å². The highest BCUT2D eigenvalue weighted by Gasteiger charge is 2.36. The summed E-state index contributed by atoms with van der Waals surface area (Å²) < 4.78 is 27.8. The van der Waals surface area contributed by atoms with Crippen molar-refractivity contribution >= 4 is 32.2 Å². The van der Waals surface area contributed by atoms with Crippen LogP contribution < -0.4 is 9.21 Å². The van der Waals surface area contributed by atoms with Crippen molar-refractivity contribution in [2.75, 3.05) is 49.0 Å². The van der Waals surface area contributed by atoms with Gasteiger partial charge in [0.2, 0.25) is 0 Å². The van der Waals surface area contributed by atoms with E-state index < -0.39 is 10.0 Å². The third-order valence-electron chi connectivity index (χ3n) is 5.39. The zero-order chi connectivity index (χ0) is 18.5. The fraction of sp³-hybridized carbons (Fsp3) is 0.500. The number of anilines is 2. The fourth-order valence-electron chi connectivity index (χ4n) is 4.10. The fourth-order valence-corrected chi connectivity index (χ4v) is 5.97. The van der Waals surface area contributed by atoms with Crippen molar-refractivity contribution in [1.29, 1.82) is 0 Å². The van der Waals surface area contributed by atoms with Crippen molar-refractivity contribution in [2.45, 2.75) is 25.2 Å². The Morgan fingerprint density at radius 3 is 2.54 bits per heavy atom. The molecule has 2 aromatic carbocycles. The van der Waals surface area contributed by atoms with Crippen LogP contribution in [0.5, 0.6) is 0 Å². The summed E-state index contributed by atoms with van der Waals surface area (Å²) in [7, 11) is -1.29. The molecule has 2 aliphatic rings. The van der Waals surface area contributed by atoms with E-state index in [1.807, 2.05) is 12.1 Å². The van der Waals surface area contributed by atoms with Gasteiger partial charge in [-0.05, 0) is 44.1 Å². The molecule has 0 aromatic heterocycles. The lowest BCUT2D eigenvalue weighted by molar-refractivity contribution is 0.360. The van der Waals surface area contributed by atoms with Gasteiger partial charge in [0.05, 0.1) is 10.6 Å². The Balaban J connectivity index is 1.86. The highest BCUT2D eigenvalue weighted by molar-refractivity contribution is 7.93. The summed E-state index contributed by atoms with van der Waals surface area (Å²) in [6, 6.07) is 9.82. The van der Waals surface area contributed by atoms with Crippen LogP contribution in [0, 0.1) is 5.92 Å². The topological polar surface area (TPSA) is 43.9 Å². The second kappa shape index (κ2) is 6.43. The number of benzene rings is 2. The zero-order valence-electron chi connectivity index (χ0n) is 15.8. The molecule has 6 heteroatoms. The van der Waals surface area contributed by atoms with Gasteiger partial charge in [0.25, 0.3) is 10.0 Å². The van der Waals surface area contributed by atoms with Gasteiger partial charge in [-0.3, -0.25) is 4.31 Å². The highest BCUT2D eigenvalue weighted by Crippen LogP contribution is 2.45. The first-order chi connectivity index (χ1) is 12.4. The van der Waals surface area contributed by atoms with Crippen molar-refractivity contribution in [3.8, 4) is 0 Å². The van der Waals surface area contributed by atoms with Gasteiger partial charge in [-0.1, -0.05) is 26.0 Å². The van der Waals surface area contributed by atoms with E-state index in [-0.39, 0.29) is 5.92 Å². The predicted octanol–water partition coefficient (Wildman–Crippen LogP) is 3.15. The molecular weight excluding hydrogens is 346 g/mol. The quantitative estimate of drug-likeness (QED) is 0.829. The summed E-state index contributed by atoms with van der Waals surface area (Å²) in [5.74, 6) is 0.273. The maximum absolute atomic E-state index is 13.1. The van der Waals surface area contributed by atoms with Gasteiger partial charge in [-0.2, -0.15) is 0 Å². The summed E-state index contributed by atoms with van der Waals surface area (Å²) >= 11 is 0. The SMILES string of the molecule is CC(C)CN1c2ccc(N3CCCN(C)CC3)c3cccc(c23)S1(=O)=O. The van der Waals surface area contributed by atoms with E-state index in [0.717, 1.165) is 54.7 Å². The van der Waals surface area contributed by atoms with Gasteiger partial charge < -0.3 is 9.80 Å². The van der Waals surface area contributed by atoms with Crippen LogP contribution >= 0.6 is 0 Å². The molecule has 0 N–H and O–H groups in total. The normalized spacial score (nSPS) is 20.2. The van der Waals surface area contributed by atoms with E-state index in [4.69, 9.17) is 0 Å². The molecule has 0 spiro atoms. The van der Waals surface area contributed by atoms with Crippen molar-refractivity contribution < 1.29 is 8.42 Å². The molecule has 2 aromatic rings. The van der Waals surface area contributed by atoms with Crippen LogP contribution in [0.2, 0.25) is 0 Å². The molecule has 4 rings (SSSR count). The Morgan fingerprint density at radius 2 is 1.77 bits per heavy atom. The molecule has 0 bridgehead atoms. The van der Waals surface area contributed by atoms with Crippen LogP contribution in [0.15, 0.2) is 35.2 Å². The van der Waals surface area contributed by atoms with Gasteiger partial charge in [0.15, 0.2) is 0 Å². The molecule has 0 amide bonds. The number of likely N-dealkylation sites (N-methyl/N-ethyl adjacent to an activating group) is 1. The Morgan fingerprint density at radius 1 is 1.00 bits per heavy atom. The van der Waals surface area contributed by atoms with E-state index >= 15 is 0 Å². The molecule has 5 nitrogen and oxygen atoms in total.